The Bertz CT molecular complexity index is 657. The highest BCUT2D eigenvalue weighted by Gasteiger charge is 2.07. The van der Waals surface area contributed by atoms with Gasteiger partial charge in [0.25, 0.3) is 0 Å². The van der Waals surface area contributed by atoms with E-state index < -0.39 is 6.61 Å². The van der Waals surface area contributed by atoms with Gasteiger partial charge in [0.05, 0.1) is 0 Å². The van der Waals surface area contributed by atoms with E-state index in [2.05, 4.69) is 10.1 Å². The van der Waals surface area contributed by atoms with Gasteiger partial charge in [-0.1, -0.05) is 48.5 Å². The molecular weight excluding hydrogens is 300 g/mol. The molecule has 2 aromatic rings. The lowest BCUT2D eigenvalue weighted by Crippen LogP contribution is -2.23. The first-order chi connectivity index (χ1) is 11.1. The topological polar surface area (TPSA) is 38.3 Å². The minimum atomic E-state index is -2.90. The molecule has 0 heterocycles. The Morgan fingerprint density at radius 3 is 2.52 bits per heavy atom. The summed E-state index contributed by atoms with van der Waals surface area (Å²) in [4.78, 5) is 11.8. The lowest BCUT2D eigenvalue weighted by molar-refractivity contribution is -0.116. The van der Waals surface area contributed by atoms with Gasteiger partial charge >= 0.3 is 6.61 Å². The third-order valence-electron chi connectivity index (χ3n) is 3.11. The lowest BCUT2D eigenvalue weighted by Gasteiger charge is -2.07. The number of ether oxygens (including phenoxy) is 1. The van der Waals surface area contributed by atoms with Crippen molar-refractivity contribution in [1.82, 2.24) is 5.32 Å². The van der Waals surface area contributed by atoms with E-state index in [0.29, 0.717) is 12.1 Å². The Kier molecular flexibility index (Phi) is 6.29. The van der Waals surface area contributed by atoms with E-state index in [1.54, 1.807) is 18.2 Å². The molecule has 0 aromatic heterocycles. The molecule has 2 rings (SSSR count). The van der Waals surface area contributed by atoms with E-state index in [9.17, 15) is 13.6 Å². The van der Waals surface area contributed by atoms with Crippen LogP contribution in [0.15, 0.2) is 60.7 Å². The first-order valence-corrected chi connectivity index (χ1v) is 7.19. The first kappa shape index (κ1) is 16.7. The molecule has 0 aliphatic rings. The molecule has 0 radical (unpaired) electrons. The third kappa shape index (κ3) is 5.90. The van der Waals surface area contributed by atoms with Gasteiger partial charge in [-0.3, -0.25) is 4.79 Å². The van der Waals surface area contributed by atoms with Crippen molar-refractivity contribution in [2.24, 2.45) is 0 Å². The predicted octanol–water partition coefficient (Wildman–Crippen LogP) is 3.66. The second-order valence-corrected chi connectivity index (χ2v) is 4.78. The molecule has 0 fully saturated rings. The second kappa shape index (κ2) is 8.68. The van der Waals surface area contributed by atoms with Crippen LogP contribution in [0.5, 0.6) is 5.75 Å². The van der Waals surface area contributed by atoms with Crippen molar-refractivity contribution in [1.29, 1.82) is 0 Å². The maximum absolute atomic E-state index is 12.3. The maximum atomic E-state index is 12.3. The molecule has 0 aliphatic heterocycles. The fourth-order valence-corrected chi connectivity index (χ4v) is 2.02. The van der Waals surface area contributed by atoms with E-state index in [-0.39, 0.29) is 11.7 Å². The van der Waals surface area contributed by atoms with Gasteiger partial charge in [0.1, 0.15) is 5.75 Å². The summed E-state index contributed by atoms with van der Waals surface area (Å²) in [5, 5.41) is 2.75. The maximum Gasteiger partial charge on any atom is 0.387 e. The van der Waals surface area contributed by atoms with E-state index >= 15 is 0 Å². The molecule has 0 saturated heterocycles. The summed E-state index contributed by atoms with van der Waals surface area (Å²) in [6.45, 7) is -2.40. The molecule has 1 amide bonds. The molecule has 0 spiro atoms. The van der Waals surface area contributed by atoms with Gasteiger partial charge < -0.3 is 10.1 Å². The highest BCUT2D eigenvalue weighted by Crippen LogP contribution is 2.21. The normalized spacial score (nSPS) is 10.9. The molecular formula is C18H17F2NO2. The molecule has 0 bridgehead atoms. The number of halogens is 2. The number of para-hydroxylation sites is 1. The Hall–Kier alpha value is -2.69. The third-order valence-corrected chi connectivity index (χ3v) is 3.11. The van der Waals surface area contributed by atoms with Crippen LogP contribution in [-0.4, -0.2) is 19.1 Å². The van der Waals surface area contributed by atoms with Crippen molar-refractivity contribution < 1.29 is 18.3 Å². The van der Waals surface area contributed by atoms with Crippen molar-refractivity contribution in [3.05, 3.63) is 71.8 Å². The zero-order valence-electron chi connectivity index (χ0n) is 12.4. The van der Waals surface area contributed by atoms with Crippen LogP contribution in [0.25, 0.3) is 6.08 Å². The van der Waals surface area contributed by atoms with Crippen LogP contribution in [-0.2, 0) is 11.2 Å². The molecule has 5 heteroatoms. The van der Waals surface area contributed by atoms with Crippen LogP contribution >= 0.6 is 0 Å². The number of benzene rings is 2. The largest absolute Gasteiger partial charge is 0.434 e. The number of alkyl halides is 2. The summed E-state index contributed by atoms with van der Waals surface area (Å²) in [6, 6.07) is 16.1. The van der Waals surface area contributed by atoms with Crippen LogP contribution < -0.4 is 10.1 Å². The van der Waals surface area contributed by atoms with Gasteiger partial charge in [-0.15, -0.1) is 0 Å². The van der Waals surface area contributed by atoms with Gasteiger partial charge in [0, 0.05) is 18.2 Å². The monoisotopic (exact) mass is 317 g/mol. The summed E-state index contributed by atoms with van der Waals surface area (Å²) >= 11 is 0. The molecule has 120 valence electrons. The number of nitrogens with one attached hydrogen (secondary N) is 1. The summed E-state index contributed by atoms with van der Waals surface area (Å²) < 4.78 is 29.0. The van der Waals surface area contributed by atoms with Crippen LogP contribution in [0.3, 0.4) is 0 Å². The quantitative estimate of drug-likeness (QED) is 0.792. The Morgan fingerprint density at radius 1 is 1.09 bits per heavy atom. The Morgan fingerprint density at radius 2 is 1.78 bits per heavy atom. The van der Waals surface area contributed by atoms with Crippen molar-refractivity contribution in [2.75, 3.05) is 6.54 Å². The molecule has 23 heavy (non-hydrogen) atoms. The van der Waals surface area contributed by atoms with Crippen molar-refractivity contribution in [2.45, 2.75) is 13.0 Å². The number of carbonyl (C=O) groups is 1. The smallest absolute Gasteiger partial charge is 0.387 e. The van der Waals surface area contributed by atoms with E-state index in [0.717, 1.165) is 12.0 Å². The van der Waals surface area contributed by atoms with E-state index in [1.165, 1.54) is 18.2 Å². The second-order valence-electron chi connectivity index (χ2n) is 4.78. The van der Waals surface area contributed by atoms with Gasteiger partial charge in [0.2, 0.25) is 5.91 Å². The van der Waals surface area contributed by atoms with Crippen molar-refractivity contribution in [3.63, 3.8) is 0 Å². The van der Waals surface area contributed by atoms with E-state index in [4.69, 9.17) is 0 Å². The van der Waals surface area contributed by atoms with Gasteiger partial charge in [0.15, 0.2) is 0 Å². The summed E-state index contributed by atoms with van der Waals surface area (Å²) in [5.74, 6) is -0.247. The van der Waals surface area contributed by atoms with Crippen LogP contribution in [0.4, 0.5) is 8.78 Å². The van der Waals surface area contributed by atoms with E-state index in [1.807, 2.05) is 30.3 Å². The molecule has 3 nitrogen and oxygen atoms in total. The molecule has 0 atom stereocenters. The van der Waals surface area contributed by atoms with Gasteiger partial charge in [-0.25, -0.2) is 0 Å². The number of hydrogen-bond donors (Lipinski definition) is 1. The summed E-state index contributed by atoms with van der Waals surface area (Å²) in [5.41, 5.74) is 1.55. The van der Waals surface area contributed by atoms with Crippen LogP contribution in [0, 0.1) is 0 Å². The summed E-state index contributed by atoms with van der Waals surface area (Å²) in [6.07, 6.45) is 3.49. The minimum absolute atomic E-state index is 0.0378. The number of hydrogen-bond acceptors (Lipinski definition) is 2. The fourth-order valence-electron chi connectivity index (χ4n) is 2.02. The average molecular weight is 317 g/mol. The molecule has 0 aliphatic carbocycles. The minimum Gasteiger partial charge on any atom is -0.434 e. The van der Waals surface area contributed by atoms with Crippen LogP contribution in [0.1, 0.15) is 11.1 Å². The van der Waals surface area contributed by atoms with Crippen LogP contribution in [0.2, 0.25) is 0 Å². The average Bonchev–Trinajstić information content (AvgIpc) is 2.54. The molecule has 2 aromatic carbocycles. The highest BCUT2D eigenvalue weighted by atomic mass is 19.3. The fraction of sp³-hybridized carbons (Fsp3) is 0.167. The predicted molar refractivity (Wildman–Crippen MR) is 85.3 cm³/mol. The highest BCUT2D eigenvalue weighted by molar-refractivity contribution is 5.92. The standard InChI is InChI=1S/C18H17F2NO2/c19-18(20)23-16-9-5-4-8-15(16)10-11-17(22)21-13-12-14-6-2-1-3-7-14/h1-11,18H,12-13H2,(H,21,22)/b11-10+. The zero-order valence-corrected chi connectivity index (χ0v) is 12.4. The molecule has 0 saturated carbocycles. The SMILES string of the molecule is O=C(/C=C/c1ccccc1OC(F)F)NCCc1ccccc1. The Balaban J connectivity index is 1.86. The number of rotatable bonds is 7. The van der Waals surface area contributed by atoms with Gasteiger partial charge in [-0.05, 0) is 24.1 Å². The molecule has 1 N–H and O–H groups in total. The zero-order chi connectivity index (χ0) is 16.5. The summed E-state index contributed by atoms with van der Waals surface area (Å²) in [7, 11) is 0. The molecule has 0 unspecified atom stereocenters. The van der Waals surface area contributed by atoms with Gasteiger partial charge in [-0.2, -0.15) is 8.78 Å². The first-order valence-electron chi connectivity index (χ1n) is 7.19. The Labute approximate surface area is 133 Å². The van der Waals surface area contributed by atoms with Crippen molar-refractivity contribution >= 4 is 12.0 Å². The lowest BCUT2D eigenvalue weighted by atomic mass is 10.1. The number of amides is 1. The number of carbonyl (C=O) groups excluding carboxylic acids is 1. The van der Waals surface area contributed by atoms with Crippen molar-refractivity contribution in [3.8, 4) is 5.75 Å².